The van der Waals surface area contributed by atoms with Crippen molar-refractivity contribution in [2.75, 3.05) is 6.54 Å². The van der Waals surface area contributed by atoms with Crippen molar-refractivity contribution in [1.82, 2.24) is 10.3 Å². The van der Waals surface area contributed by atoms with Crippen molar-refractivity contribution in [3.05, 3.63) is 65.9 Å². The van der Waals surface area contributed by atoms with E-state index in [4.69, 9.17) is 4.74 Å². The Balaban J connectivity index is 1.52. The van der Waals surface area contributed by atoms with Crippen molar-refractivity contribution < 1.29 is 14.3 Å². The average Bonchev–Trinajstić information content (AvgIpc) is 3.03. The van der Waals surface area contributed by atoms with E-state index in [0.717, 1.165) is 28.5 Å². The number of carbonyl (C=O) groups is 2. The van der Waals surface area contributed by atoms with Gasteiger partial charge >= 0.3 is 5.97 Å². The van der Waals surface area contributed by atoms with Crippen molar-refractivity contribution >= 4 is 22.8 Å². The molecule has 0 spiro atoms. The number of nitrogens with one attached hydrogen (secondary N) is 2. The Hall–Kier alpha value is -3.08. The Morgan fingerprint density at radius 1 is 1.12 bits per heavy atom. The van der Waals surface area contributed by atoms with E-state index in [1.54, 1.807) is 6.07 Å². The molecule has 5 heteroatoms. The van der Waals surface area contributed by atoms with Crippen LogP contribution in [0.15, 0.2) is 54.7 Å². The minimum absolute atomic E-state index is 0.155. The predicted octanol–water partition coefficient (Wildman–Crippen LogP) is 2.99. The normalized spacial score (nSPS) is 10.6. The van der Waals surface area contributed by atoms with Gasteiger partial charge in [0.2, 0.25) is 5.91 Å². The molecule has 3 aromatic rings. The number of ether oxygens (including phenoxy) is 1. The zero-order chi connectivity index (χ0) is 17.6. The molecule has 0 bridgehead atoms. The van der Waals surface area contributed by atoms with Crippen LogP contribution in [-0.4, -0.2) is 23.4 Å². The van der Waals surface area contributed by atoms with Crippen molar-refractivity contribution in [3.8, 4) is 5.75 Å². The van der Waals surface area contributed by atoms with Crippen molar-refractivity contribution in [3.63, 3.8) is 0 Å². The number of rotatable bonds is 6. The Kier molecular flexibility index (Phi) is 5.14. The van der Waals surface area contributed by atoms with Crippen LogP contribution in [0.25, 0.3) is 10.9 Å². The van der Waals surface area contributed by atoms with Crippen LogP contribution in [0.4, 0.5) is 0 Å². The number of aryl methyl sites for hydroxylation is 1. The van der Waals surface area contributed by atoms with Crippen LogP contribution in [-0.2, 0) is 22.4 Å². The number of hydrogen-bond donors (Lipinski definition) is 2. The fourth-order valence-electron chi connectivity index (χ4n) is 2.68. The molecule has 3 rings (SSSR count). The van der Waals surface area contributed by atoms with Gasteiger partial charge in [-0.25, -0.2) is 4.79 Å². The molecule has 1 amide bonds. The number of benzene rings is 2. The molecule has 2 N–H and O–H groups in total. The standard InChI is InChI=1S/C20H20N2O3/c1-2-14-6-5-7-16(10-14)25-20(24)13-22-19(23)11-15-12-21-18-9-4-3-8-17(15)18/h3-10,12,21H,2,11,13H2,1H3,(H,22,23). The quantitative estimate of drug-likeness (QED) is 0.537. The summed E-state index contributed by atoms with van der Waals surface area (Å²) in [4.78, 5) is 27.1. The molecule has 128 valence electrons. The minimum atomic E-state index is -0.486. The Bertz CT molecular complexity index is 899. The van der Waals surface area contributed by atoms with E-state index >= 15 is 0 Å². The lowest BCUT2D eigenvalue weighted by Gasteiger charge is -2.07. The SMILES string of the molecule is CCc1cccc(OC(=O)CNC(=O)Cc2c[nH]c3ccccc23)c1. The first-order valence-electron chi connectivity index (χ1n) is 8.27. The number of para-hydroxylation sites is 1. The van der Waals surface area contributed by atoms with E-state index in [0.29, 0.717) is 5.75 Å². The first kappa shape index (κ1) is 16.8. The number of esters is 1. The highest BCUT2D eigenvalue weighted by atomic mass is 16.5. The van der Waals surface area contributed by atoms with E-state index in [9.17, 15) is 9.59 Å². The third-order valence-corrected chi connectivity index (χ3v) is 3.99. The highest BCUT2D eigenvalue weighted by molar-refractivity contribution is 5.90. The molecule has 25 heavy (non-hydrogen) atoms. The Morgan fingerprint density at radius 3 is 2.80 bits per heavy atom. The third kappa shape index (κ3) is 4.26. The molecule has 1 aromatic heterocycles. The molecule has 0 aliphatic carbocycles. The lowest BCUT2D eigenvalue weighted by Crippen LogP contribution is -2.32. The molecule has 0 aliphatic heterocycles. The van der Waals surface area contributed by atoms with Gasteiger partial charge in [-0.15, -0.1) is 0 Å². The average molecular weight is 336 g/mol. The molecule has 0 fully saturated rings. The number of hydrogen-bond acceptors (Lipinski definition) is 3. The number of fused-ring (bicyclic) bond motifs is 1. The highest BCUT2D eigenvalue weighted by Gasteiger charge is 2.11. The zero-order valence-corrected chi connectivity index (χ0v) is 14.0. The van der Waals surface area contributed by atoms with Gasteiger partial charge in [0.15, 0.2) is 0 Å². The first-order valence-corrected chi connectivity index (χ1v) is 8.27. The van der Waals surface area contributed by atoms with Crippen molar-refractivity contribution in [2.24, 2.45) is 0 Å². The zero-order valence-electron chi connectivity index (χ0n) is 14.0. The van der Waals surface area contributed by atoms with Gasteiger partial charge in [-0.1, -0.05) is 37.3 Å². The molecular weight excluding hydrogens is 316 g/mol. The number of aromatic amines is 1. The summed E-state index contributed by atoms with van der Waals surface area (Å²) in [6.07, 6.45) is 2.90. The van der Waals surface area contributed by atoms with Crippen LogP contribution in [0, 0.1) is 0 Å². The second-order valence-corrected chi connectivity index (χ2v) is 5.79. The van der Waals surface area contributed by atoms with E-state index in [2.05, 4.69) is 10.3 Å². The summed E-state index contributed by atoms with van der Waals surface area (Å²) in [7, 11) is 0. The molecule has 1 heterocycles. The molecule has 0 saturated carbocycles. The van der Waals surface area contributed by atoms with Crippen LogP contribution in [0.3, 0.4) is 0 Å². The summed E-state index contributed by atoms with van der Waals surface area (Å²) >= 11 is 0. The van der Waals surface area contributed by atoms with Crippen LogP contribution < -0.4 is 10.1 Å². The van der Waals surface area contributed by atoms with E-state index in [1.807, 2.05) is 55.6 Å². The van der Waals surface area contributed by atoms with Gasteiger partial charge in [0.1, 0.15) is 12.3 Å². The highest BCUT2D eigenvalue weighted by Crippen LogP contribution is 2.18. The van der Waals surface area contributed by atoms with Gasteiger partial charge in [0.05, 0.1) is 6.42 Å². The maximum absolute atomic E-state index is 12.1. The summed E-state index contributed by atoms with van der Waals surface area (Å²) in [6.45, 7) is 1.88. The number of H-pyrrole nitrogens is 1. The second-order valence-electron chi connectivity index (χ2n) is 5.79. The minimum Gasteiger partial charge on any atom is -0.425 e. The maximum atomic E-state index is 12.1. The van der Waals surface area contributed by atoms with Crippen LogP contribution in [0.5, 0.6) is 5.75 Å². The molecule has 0 radical (unpaired) electrons. The predicted molar refractivity (Wildman–Crippen MR) is 96.5 cm³/mol. The molecule has 0 saturated heterocycles. The van der Waals surface area contributed by atoms with E-state index in [1.165, 1.54) is 0 Å². The molecule has 5 nitrogen and oxygen atoms in total. The maximum Gasteiger partial charge on any atom is 0.330 e. The largest absolute Gasteiger partial charge is 0.425 e. The summed E-state index contributed by atoms with van der Waals surface area (Å²) < 4.78 is 5.25. The molecule has 2 aromatic carbocycles. The fraction of sp³-hybridized carbons (Fsp3) is 0.200. The van der Waals surface area contributed by atoms with Gasteiger partial charge in [-0.3, -0.25) is 4.79 Å². The fourth-order valence-corrected chi connectivity index (χ4v) is 2.68. The monoisotopic (exact) mass is 336 g/mol. The number of carbonyl (C=O) groups excluding carboxylic acids is 2. The lowest BCUT2D eigenvalue weighted by molar-refractivity contribution is -0.135. The van der Waals surface area contributed by atoms with Crippen molar-refractivity contribution in [2.45, 2.75) is 19.8 Å². The summed E-state index contributed by atoms with van der Waals surface area (Å²) in [5.41, 5.74) is 2.98. The topological polar surface area (TPSA) is 71.2 Å². The van der Waals surface area contributed by atoms with Crippen LogP contribution in [0.2, 0.25) is 0 Å². The number of aromatic nitrogens is 1. The molecule has 0 unspecified atom stereocenters. The van der Waals surface area contributed by atoms with Crippen molar-refractivity contribution in [1.29, 1.82) is 0 Å². The summed E-state index contributed by atoms with van der Waals surface area (Å²) in [5, 5.41) is 3.62. The smallest absolute Gasteiger partial charge is 0.330 e. The van der Waals surface area contributed by atoms with Crippen LogP contribution in [0.1, 0.15) is 18.1 Å². The van der Waals surface area contributed by atoms with Gasteiger partial charge in [-0.05, 0) is 35.7 Å². The van der Waals surface area contributed by atoms with E-state index in [-0.39, 0.29) is 18.9 Å². The van der Waals surface area contributed by atoms with Gasteiger partial charge in [-0.2, -0.15) is 0 Å². The van der Waals surface area contributed by atoms with Gasteiger partial charge in [0, 0.05) is 17.1 Å². The molecular formula is C20H20N2O3. The third-order valence-electron chi connectivity index (χ3n) is 3.99. The summed E-state index contributed by atoms with van der Waals surface area (Å²) in [5.74, 6) is -0.209. The van der Waals surface area contributed by atoms with Gasteiger partial charge < -0.3 is 15.0 Å². The number of amides is 1. The lowest BCUT2D eigenvalue weighted by atomic mass is 10.1. The van der Waals surface area contributed by atoms with Crippen LogP contribution >= 0.6 is 0 Å². The Morgan fingerprint density at radius 2 is 1.96 bits per heavy atom. The molecule has 0 atom stereocenters. The Labute approximate surface area is 146 Å². The van der Waals surface area contributed by atoms with E-state index < -0.39 is 5.97 Å². The second kappa shape index (κ2) is 7.66. The summed E-state index contributed by atoms with van der Waals surface area (Å²) in [6, 6.07) is 15.2. The first-order chi connectivity index (χ1) is 12.2. The molecule has 0 aliphatic rings. The van der Waals surface area contributed by atoms with Gasteiger partial charge in [0.25, 0.3) is 0 Å².